The maximum Gasteiger partial charge on any atom is 0.248 e. The number of unbranched alkanes of at least 4 members (excludes halogenated alkanes) is 2. The molecule has 3 heterocycles. The molecule has 1 aromatic rings. The van der Waals surface area contributed by atoms with E-state index in [1.165, 1.54) is 4.90 Å². The number of aliphatic hydroxyl groups is 1. The van der Waals surface area contributed by atoms with E-state index in [0.717, 1.165) is 24.8 Å². The number of rotatable bonds is 13. The summed E-state index contributed by atoms with van der Waals surface area (Å²) in [5.74, 6) is -2.25. The Morgan fingerprint density at radius 2 is 1.85 bits per heavy atom. The second kappa shape index (κ2) is 11.6. The monoisotopic (exact) mass is 537 g/mol. The second-order valence-corrected chi connectivity index (χ2v) is 11.4. The number of likely N-dealkylation sites (tertiary alicyclic amines) is 1. The third kappa shape index (κ3) is 4.82. The number of ether oxygens (including phenoxy) is 1. The first-order valence-corrected chi connectivity index (χ1v) is 14.1. The van der Waals surface area contributed by atoms with Gasteiger partial charge in [-0.05, 0) is 31.7 Å². The van der Waals surface area contributed by atoms with E-state index in [0.29, 0.717) is 32.5 Å². The van der Waals surface area contributed by atoms with Gasteiger partial charge in [0.05, 0.1) is 30.1 Å². The van der Waals surface area contributed by atoms with Crippen LogP contribution in [0.15, 0.2) is 55.6 Å². The smallest absolute Gasteiger partial charge is 0.248 e. The lowest BCUT2D eigenvalue weighted by molar-refractivity contribution is -0.156. The van der Waals surface area contributed by atoms with Gasteiger partial charge in [0, 0.05) is 26.7 Å². The van der Waals surface area contributed by atoms with E-state index in [2.05, 4.69) is 20.1 Å². The molecule has 0 aliphatic carbocycles. The van der Waals surface area contributed by atoms with E-state index in [1.807, 2.05) is 37.3 Å². The highest BCUT2D eigenvalue weighted by Crippen LogP contribution is 2.64. The third-order valence-corrected chi connectivity index (χ3v) is 8.88. The number of nitrogens with zero attached hydrogens (tertiary/aromatic N) is 3. The summed E-state index contributed by atoms with van der Waals surface area (Å²) in [7, 11) is 1.70. The van der Waals surface area contributed by atoms with Gasteiger partial charge in [0.25, 0.3) is 0 Å². The van der Waals surface area contributed by atoms with Crippen LogP contribution in [-0.2, 0) is 19.1 Å². The van der Waals surface area contributed by atoms with Crippen LogP contribution in [0.2, 0.25) is 0 Å². The van der Waals surface area contributed by atoms with Crippen LogP contribution in [0.5, 0.6) is 0 Å². The van der Waals surface area contributed by atoms with Crippen molar-refractivity contribution in [2.24, 2.45) is 11.8 Å². The minimum atomic E-state index is -1.15. The lowest BCUT2D eigenvalue weighted by Crippen LogP contribution is -2.57. The van der Waals surface area contributed by atoms with Gasteiger partial charge in [-0.25, -0.2) is 0 Å². The fraction of sp³-hybridized carbons (Fsp3) is 0.581. The van der Waals surface area contributed by atoms with Crippen LogP contribution in [0, 0.1) is 11.8 Å². The molecule has 0 aromatic heterocycles. The van der Waals surface area contributed by atoms with Crippen LogP contribution in [0.4, 0.5) is 0 Å². The number of carbonyl (C=O) groups is 3. The fourth-order valence-corrected chi connectivity index (χ4v) is 7.08. The molecule has 3 amide bonds. The molecule has 3 aliphatic heterocycles. The Bertz CT molecular complexity index is 1090. The van der Waals surface area contributed by atoms with E-state index in [1.54, 1.807) is 29.0 Å². The van der Waals surface area contributed by atoms with Gasteiger partial charge in [0.15, 0.2) is 0 Å². The summed E-state index contributed by atoms with van der Waals surface area (Å²) in [6.45, 7) is 12.5. The predicted octanol–water partition coefficient (Wildman–Crippen LogP) is 3.33. The fourth-order valence-electron chi connectivity index (χ4n) is 7.08. The Labute approximate surface area is 232 Å². The topological polar surface area (TPSA) is 90.4 Å². The number of hydrogen-bond acceptors (Lipinski definition) is 5. The molecule has 1 spiro atoms. The van der Waals surface area contributed by atoms with Crippen molar-refractivity contribution in [2.45, 2.75) is 69.2 Å². The van der Waals surface area contributed by atoms with E-state index in [4.69, 9.17) is 4.74 Å². The summed E-state index contributed by atoms with van der Waals surface area (Å²) in [5.41, 5.74) is -1.27. The van der Waals surface area contributed by atoms with Gasteiger partial charge in [-0.3, -0.25) is 14.4 Å². The number of amides is 3. The highest BCUT2D eigenvalue weighted by molar-refractivity contribution is 5.99. The first kappa shape index (κ1) is 29.0. The third-order valence-electron chi connectivity index (χ3n) is 8.88. The Balaban J connectivity index is 1.83. The average Bonchev–Trinajstić information content (AvgIpc) is 3.50. The van der Waals surface area contributed by atoms with Gasteiger partial charge in [0.2, 0.25) is 17.7 Å². The minimum absolute atomic E-state index is 0.184. The summed E-state index contributed by atoms with van der Waals surface area (Å²) >= 11 is 0. The molecule has 39 heavy (non-hydrogen) atoms. The van der Waals surface area contributed by atoms with Gasteiger partial charge < -0.3 is 24.5 Å². The maximum atomic E-state index is 14.5. The van der Waals surface area contributed by atoms with E-state index < -0.39 is 35.1 Å². The maximum absolute atomic E-state index is 14.5. The molecule has 0 saturated carbocycles. The van der Waals surface area contributed by atoms with Crippen LogP contribution in [0.1, 0.15) is 57.6 Å². The van der Waals surface area contributed by atoms with Crippen molar-refractivity contribution in [3.63, 3.8) is 0 Å². The van der Waals surface area contributed by atoms with Crippen molar-refractivity contribution in [3.8, 4) is 0 Å². The van der Waals surface area contributed by atoms with Crippen LogP contribution >= 0.6 is 0 Å². The Kier molecular flexibility index (Phi) is 8.66. The van der Waals surface area contributed by atoms with Crippen LogP contribution in [-0.4, -0.2) is 88.1 Å². The van der Waals surface area contributed by atoms with Crippen LogP contribution in [0.25, 0.3) is 0 Å². The first-order valence-electron chi connectivity index (χ1n) is 14.1. The molecule has 3 saturated heterocycles. The van der Waals surface area contributed by atoms with Crippen molar-refractivity contribution >= 4 is 17.7 Å². The standard InChI is InChI=1S/C31H43N3O5/c1-6-9-13-20-33(19-8-3)29(38)26-31-17-16-30(4,39-31)24(27(36)32(5)18-7-2)25(31)28(37)34(26)23(21-35)22-14-11-10-12-15-22/h7-8,10-12,14-15,23-26,35H,2-3,6,9,13,16-21H2,1,4-5H3/t23-,24-,25+,26?,30+,31?/m1/s1. The number of aliphatic hydroxyl groups excluding tert-OH is 1. The molecular weight excluding hydrogens is 494 g/mol. The largest absolute Gasteiger partial charge is 0.394 e. The normalized spacial score (nSPS) is 29.7. The van der Waals surface area contributed by atoms with Gasteiger partial charge in [-0.2, -0.15) is 0 Å². The highest BCUT2D eigenvalue weighted by Gasteiger charge is 2.78. The van der Waals surface area contributed by atoms with Gasteiger partial charge in [-0.1, -0.05) is 62.2 Å². The lowest BCUT2D eigenvalue weighted by atomic mass is 9.66. The summed E-state index contributed by atoms with van der Waals surface area (Å²) in [5, 5.41) is 10.6. The Morgan fingerprint density at radius 3 is 2.46 bits per heavy atom. The lowest BCUT2D eigenvalue weighted by Gasteiger charge is -2.39. The number of fused-ring (bicyclic) bond motifs is 1. The molecule has 6 atom stereocenters. The summed E-state index contributed by atoms with van der Waals surface area (Å²) in [4.78, 5) is 47.6. The minimum Gasteiger partial charge on any atom is -0.394 e. The zero-order chi connectivity index (χ0) is 28.4. The molecule has 3 aliphatic rings. The Morgan fingerprint density at radius 1 is 1.15 bits per heavy atom. The van der Waals surface area contributed by atoms with Crippen molar-refractivity contribution in [3.05, 3.63) is 61.2 Å². The molecule has 1 N–H and O–H groups in total. The molecule has 4 rings (SSSR count). The van der Waals surface area contributed by atoms with E-state index >= 15 is 0 Å². The number of carbonyl (C=O) groups excluding carboxylic acids is 3. The molecule has 0 radical (unpaired) electrons. The molecule has 8 nitrogen and oxygen atoms in total. The molecule has 1 aromatic carbocycles. The van der Waals surface area contributed by atoms with Crippen molar-refractivity contribution < 1.29 is 24.2 Å². The molecule has 8 heteroatoms. The number of likely N-dealkylation sites (N-methyl/N-ethyl adjacent to an activating group) is 1. The van der Waals surface area contributed by atoms with Crippen LogP contribution < -0.4 is 0 Å². The molecule has 3 fully saturated rings. The quantitative estimate of drug-likeness (QED) is 0.308. The highest BCUT2D eigenvalue weighted by atomic mass is 16.5. The Hall–Kier alpha value is -2.97. The van der Waals surface area contributed by atoms with Gasteiger partial charge in [-0.15, -0.1) is 13.2 Å². The molecule has 2 unspecified atom stereocenters. The average molecular weight is 538 g/mol. The van der Waals surface area contributed by atoms with Crippen LogP contribution in [0.3, 0.4) is 0 Å². The molecular formula is C31H43N3O5. The molecule has 2 bridgehead atoms. The second-order valence-electron chi connectivity index (χ2n) is 11.4. The summed E-state index contributed by atoms with van der Waals surface area (Å²) in [6, 6.07) is 7.57. The summed E-state index contributed by atoms with van der Waals surface area (Å²) < 4.78 is 6.76. The number of hydrogen-bond donors (Lipinski definition) is 1. The van der Waals surface area contributed by atoms with Gasteiger partial charge in [0.1, 0.15) is 11.6 Å². The van der Waals surface area contributed by atoms with Gasteiger partial charge >= 0.3 is 0 Å². The van der Waals surface area contributed by atoms with E-state index in [9.17, 15) is 19.5 Å². The van der Waals surface area contributed by atoms with E-state index in [-0.39, 0.29) is 24.3 Å². The summed E-state index contributed by atoms with van der Waals surface area (Å²) in [6.07, 6.45) is 7.24. The number of benzene rings is 1. The SMILES string of the molecule is C=CCN(C)C(=O)[C@H]1[C@H]2C(=O)N([C@H](CO)c3ccccc3)C(C(=O)N(CC=C)CCCCC)C23CC[C@]1(C)O3. The zero-order valence-corrected chi connectivity index (χ0v) is 23.6. The first-order chi connectivity index (χ1) is 18.7. The van der Waals surface area contributed by atoms with Crippen molar-refractivity contribution in [1.82, 2.24) is 14.7 Å². The predicted molar refractivity (Wildman–Crippen MR) is 149 cm³/mol. The zero-order valence-electron chi connectivity index (χ0n) is 23.6. The molecule has 212 valence electrons. The van der Waals surface area contributed by atoms with Crippen molar-refractivity contribution in [1.29, 1.82) is 0 Å². The van der Waals surface area contributed by atoms with Crippen molar-refractivity contribution in [2.75, 3.05) is 33.3 Å².